The summed E-state index contributed by atoms with van der Waals surface area (Å²) in [5.74, 6) is -0.791. The molecule has 2 aromatic rings. The first-order chi connectivity index (χ1) is 12.7. The van der Waals surface area contributed by atoms with E-state index in [1.165, 1.54) is 31.4 Å². The van der Waals surface area contributed by atoms with E-state index in [-0.39, 0.29) is 17.1 Å². The van der Waals surface area contributed by atoms with E-state index in [1.54, 1.807) is 18.2 Å². The summed E-state index contributed by atoms with van der Waals surface area (Å²) < 4.78 is 41.3. The van der Waals surface area contributed by atoms with Crippen molar-refractivity contribution in [2.24, 2.45) is 5.14 Å². The van der Waals surface area contributed by atoms with Gasteiger partial charge >= 0.3 is 5.97 Å². The summed E-state index contributed by atoms with van der Waals surface area (Å²) in [5.41, 5.74) is 4.62. The predicted octanol–water partition coefficient (Wildman–Crippen LogP) is 3.36. The van der Waals surface area contributed by atoms with Crippen molar-refractivity contribution in [2.45, 2.75) is 18.2 Å². The predicted molar refractivity (Wildman–Crippen MR) is 101 cm³/mol. The number of rotatable bonds is 4. The van der Waals surface area contributed by atoms with Crippen LogP contribution in [0.5, 0.6) is 0 Å². The minimum atomic E-state index is -3.76. The van der Waals surface area contributed by atoms with Crippen molar-refractivity contribution >= 4 is 33.2 Å². The number of methoxy groups -OCH3 is 1. The number of halogens is 1. The second-order valence-corrected chi connectivity index (χ2v) is 7.78. The molecule has 3 rings (SSSR count). The summed E-state index contributed by atoms with van der Waals surface area (Å²) in [6.07, 6.45) is 1.91. The Morgan fingerprint density at radius 3 is 2.41 bits per heavy atom. The molecule has 2 N–H and O–H groups in total. The van der Waals surface area contributed by atoms with Crippen LogP contribution in [0.1, 0.15) is 30.0 Å². The van der Waals surface area contributed by atoms with Gasteiger partial charge in [0.05, 0.1) is 18.4 Å². The summed E-state index contributed by atoms with van der Waals surface area (Å²) in [6.45, 7) is 1.86. The molecular formula is C20H18FNO4S. The minimum absolute atomic E-state index is 0.0252. The van der Waals surface area contributed by atoms with E-state index in [0.29, 0.717) is 11.1 Å². The molecule has 0 fully saturated rings. The molecule has 1 aliphatic carbocycles. The van der Waals surface area contributed by atoms with Crippen molar-refractivity contribution < 1.29 is 22.3 Å². The second-order valence-electron chi connectivity index (χ2n) is 6.22. The van der Waals surface area contributed by atoms with E-state index in [0.717, 1.165) is 22.3 Å². The molecule has 7 heteroatoms. The topological polar surface area (TPSA) is 86.5 Å². The van der Waals surface area contributed by atoms with Crippen LogP contribution in [0.4, 0.5) is 4.39 Å². The number of carbonyl (C=O) groups is 1. The summed E-state index contributed by atoms with van der Waals surface area (Å²) in [5, 5.41) is 5.12. The van der Waals surface area contributed by atoms with Crippen LogP contribution in [0.15, 0.2) is 52.9 Å². The molecule has 2 aromatic carbocycles. The van der Waals surface area contributed by atoms with E-state index >= 15 is 0 Å². The molecule has 0 aromatic heterocycles. The van der Waals surface area contributed by atoms with E-state index < -0.39 is 16.0 Å². The normalized spacial score (nSPS) is 15.2. The van der Waals surface area contributed by atoms with Gasteiger partial charge in [0.15, 0.2) is 0 Å². The molecule has 0 spiro atoms. The van der Waals surface area contributed by atoms with E-state index in [4.69, 9.17) is 9.88 Å². The number of carbonyl (C=O) groups excluding carboxylic acids is 1. The van der Waals surface area contributed by atoms with Gasteiger partial charge in [0.25, 0.3) is 0 Å². The fourth-order valence-electron chi connectivity index (χ4n) is 3.12. The summed E-state index contributed by atoms with van der Waals surface area (Å²) >= 11 is 0. The van der Waals surface area contributed by atoms with Crippen LogP contribution in [-0.2, 0) is 19.6 Å². The number of hydrogen-bond donors (Lipinski definition) is 1. The Kier molecular flexibility index (Phi) is 4.99. The van der Waals surface area contributed by atoms with Gasteiger partial charge in [0, 0.05) is 0 Å². The van der Waals surface area contributed by atoms with Crippen LogP contribution in [0.3, 0.4) is 0 Å². The van der Waals surface area contributed by atoms with Gasteiger partial charge in [0.2, 0.25) is 10.0 Å². The zero-order chi connectivity index (χ0) is 19.8. The maximum atomic E-state index is 13.8. The van der Waals surface area contributed by atoms with Crippen LogP contribution in [-0.4, -0.2) is 21.5 Å². The third kappa shape index (κ3) is 3.84. The smallest absolute Gasteiger partial charge is 0.310 e. The number of benzene rings is 2. The molecular weight excluding hydrogens is 369 g/mol. The Bertz CT molecular complexity index is 1080. The molecule has 0 bridgehead atoms. The second kappa shape index (κ2) is 7.09. The van der Waals surface area contributed by atoms with Crippen LogP contribution in [0.2, 0.25) is 0 Å². The molecule has 0 amide bonds. The number of sulfonamides is 1. The van der Waals surface area contributed by atoms with Crippen molar-refractivity contribution in [3.8, 4) is 0 Å². The molecule has 0 heterocycles. The minimum Gasteiger partial charge on any atom is -0.469 e. The molecule has 0 radical (unpaired) electrons. The van der Waals surface area contributed by atoms with E-state index in [2.05, 4.69) is 0 Å². The maximum Gasteiger partial charge on any atom is 0.310 e. The molecule has 0 saturated carbocycles. The van der Waals surface area contributed by atoms with Gasteiger partial charge in [-0.3, -0.25) is 4.79 Å². The molecule has 0 atom stereocenters. The molecule has 0 saturated heterocycles. The number of primary sulfonamides is 1. The third-order valence-electron chi connectivity index (χ3n) is 4.52. The Balaban J connectivity index is 2.09. The highest BCUT2D eigenvalue weighted by atomic mass is 32.2. The number of fused-ring (bicyclic) bond motifs is 1. The zero-order valence-electron chi connectivity index (χ0n) is 14.8. The van der Waals surface area contributed by atoms with Crippen molar-refractivity contribution in [1.29, 1.82) is 0 Å². The van der Waals surface area contributed by atoms with E-state index in [1.807, 2.05) is 13.0 Å². The molecule has 0 unspecified atom stereocenters. The Labute approximate surface area is 157 Å². The molecule has 1 aliphatic rings. The lowest BCUT2D eigenvalue weighted by Crippen LogP contribution is -2.11. The summed E-state index contributed by atoms with van der Waals surface area (Å²) in [6, 6.07) is 10.6. The number of hydrogen-bond acceptors (Lipinski definition) is 4. The molecule has 5 nitrogen and oxygen atoms in total. The first-order valence-electron chi connectivity index (χ1n) is 8.12. The van der Waals surface area contributed by atoms with Crippen molar-refractivity contribution in [3.05, 3.63) is 70.5 Å². The van der Waals surface area contributed by atoms with Crippen LogP contribution < -0.4 is 5.14 Å². The SMILES string of the molecule is COC(=O)CC1=C(C)/C(=C\c2ccc(S(N)(=O)=O)cc2)c2ccc(F)cc21. The van der Waals surface area contributed by atoms with Gasteiger partial charge < -0.3 is 4.74 Å². The Morgan fingerprint density at radius 1 is 1.15 bits per heavy atom. The van der Waals surface area contributed by atoms with Crippen LogP contribution in [0, 0.1) is 5.82 Å². The molecule has 140 valence electrons. The standard InChI is InChI=1S/C20H18FNO4S/c1-12-17(9-13-3-6-15(7-4-13)27(22,24)25)16-8-5-14(21)10-19(16)18(12)11-20(23)26-2/h3-10H,11H2,1-2H3,(H2,22,24,25)/b17-9+. The average molecular weight is 387 g/mol. The zero-order valence-corrected chi connectivity index (χ0v) is 15.6. The number of esters is 1. The lowest BCUT2D eigenvalue weighted by Gasteiger charge is -2.05. The number of allylic oxidation sites excluding steroid dienone is 2. The van der Waals surface area contributed by atoms with Crippen molar-refractivity contribution in [1.82, 2.24) is 0 Å². The quantitative estimate of drug-likeness (QED) is 0.815. The number of ether oxygens (including phenoxy) is 1. The number of nitrogens with two attached hydrogens (primary N) is 1. The first-order valence-corrected chi connectivity index (χ1v) is 9.67. The lowest BCUT2D eigenvalue weighted by molar-refractivity contribution is -0.139. The third-order valence-corrected chi connectivity index (χ3v) is 5.45. The van der Waals surface area contributed by atoms with Crippen LogP contribution in [0.25, 0.3) is 17.2 Å². The fraction of sp³-hybridized carbons (Fsp3) is 0.150. The Morgan fingerprint density at radius 2 is 1.81 bits per heavy atom. The first kappa shape index (κ1) is 19.0. The fourth-order valence-corrected chi connectivity index (χ4v) is 3.63. The van der Waals surface area contributed by atoms with Crippen LogP contribution >= 0.6 is 0 Å². The van der Waals surface area contributed by atoms with Crippen molar-refractivity contribution in [2.75, 3.05) is 7.11 Å². The van der Waals surface area contributed by atoms with Gasteiger partial charge in [-0.2, -0.15) is 0 Å². The molecule has 27 heavy (non-hydrogen) atoms. The van der Waals surface area contributed by atoms with Gasteiger partial charge in [-0.25, -0.2) is 17.9 Å². The highest BCUT2D eigenvalue weighted by Gasteiger charge is 2.26. The van der Waals surface area contributed by atoms with Gasteiger partial charge in [-0.15, -0.1) is 0 Å². The average Bonchev–Trinajstić information content (AvgIpc) is 2.86. The lowest BCUT2D eigenvalue weighted by atomic mass is 10.0. The van der Waals surface area contributed by atoms with Gasteiger partial charge in [0.1, 0.15) is 5.82 Å². The summed E-state index contributed by atoms with van der Waals surface area (Å²) in [4.78, 5) is 11.8. The monoisotopic (exact) mass is 387 g/mol. The Hall–Kier alpha value is -2.77. The largest absolute Gasteiger partial charge is 0.469 e. The van der Waals surface area contributed by atoms with Gasteiger partial charge in [-0.1, -0.05) is 18.2 Å². The van der Waals surface area contributed by atoms with Gasteiger partial charge in [-0.05, 0) is 70.7 Å². The van der Waals surface area contributed by atoms with Crippen molar-refractivity contribution in [3.63, 3.8) is 0 Å². The highest BCUT2D eigenvalue weighted by Crippen LogP contribution is 2.43. The highest BCUT2D eigenvalue weighted by molar-refractivity contribution is 7.89. The maximum absolute atomic E-state index is 13.8. The summed E-state index contributed by atoms with van der Waals surface area (Å²) in [7, 11) is -2.45. The molecule has 0 aliphatic heterocycles. The van der Waals surface area contributed by atoms with E-state index in [9.17, 15) is 17.6 Å².